The van der Waals surface area contributed by atoms with Crippen molar-refractivity contribution in [1.82, 2.24) is 5.32 Å². The van der Waals surface area contributed by atoms with Crippen LogP contribution in [0.15, 0.2) is 24.3 Å². The molecule has 5 heteroatoms. The molecule has 1 amide bonds. The molecule has 0 aromatic heterocycles. The summed E-state index contributed by atoms with van der Waals surface area (Å²) in [6.07, 6.45) is 2.09. The molecule has 0 aliphatic rings. The molecule has 0 bridgehead atoms. The molecule has 0 heterocycles. The molecule has 1 aromatic rings. The maximum atomic E-state index is 12.7. The van der Waals surface area contributed by atoms with E-state index in [9.17, 15) is 14.0 Å². The molecule has 1 rings (SSSR count). The number of aliphatic carboxylic acids is 1. The Balaban J connectivity index is 2.52. The van der Waals surface area contributed by atoms with Gasteiger partial charge in [-0.3, -0.25) is 4.79 Å². The first-order valence-corrected chi connectivity index (χ1v) is 6.29. The highest BCUT2D eigenvalue weighted by atomic mass is 19.1. The Bertz CT molecular complexity index is 431. The van der Waals surface area contributed by atoms with Crippen LogP contribution in [0, 0.1) is 5.82 Å². The zero-order valence-electron chi connectivity index (χ0n) is 10.9. The van der Waals surface area contributed by atoms with Crippen LogP contribution in [0.25, 0.3) is 0 Å². The SMILES string of the molecule is CCCC[C@H](NC(=O)Cc1ccc(F)cc1)C(=O)O. The van der Waals surface area contributed by atoms with Crippen molar-refractivity contribution in [3.63, 3.8) is 0 Å². The fourth-order valence-corrected chi connectivity index (χ4v) is 1.70. The maximum Gasteiger partial charge on any atom is 0.326 e. The molecule has 2 N–H and O–H groups in total. The summed E-state index contributed by atoms with van der Waals surface area (Å²) in [4.78, 5) is 22.7. The van der Waals surface area contributed by atoms with Crippen molar-refractivity contribution in [2.75, 3.05) is 0 Å². The number of unbranched alkanes of at least 4 members (excludes halogenated alkanes) is 1. The van der Waals surface area contributed by atoms with Gasteiger partial charge in [-0.1, -0.05) is 31.9 Å². The Hall–Kier alpha value is -1.91. The van der Waals surface area contributed by atoms with Gasteiger partial charge >= 0.3 is 5.97 Å². The second kappa shape index (κ2) is 7.51. The zero-order chi connectivity index (χ0) is 14.3. The molecule has 0 radical (unpaired) electrons. The molecule has 0 aliphatic heterocycles. The van der Waals surface area contributed by atoms with Crippen LogP contribution in [0.2, 0.25) is 0 Å². The minimum absolute atomic E-state index is 0.0518. The molecule has 104 valence electrons. The largest absolute Gasteiger partial charge is 0.480 e. The van der Waals surface area contributed by atoms with E-state index in [1.165, 1.54) is 24.3 Å². The molecule has 1 atom stereocenters. The minimum atomic E-state index is -1.03. The number of hydrogen-bond acceptors (Lipinski definition) is 2. The highest BCUT2D eigenvalue weighted by Gasteiger charge is 2.19. The monoisotopic (exact) mass is 267 g/mol. The summed E-state index contributed by atoms with van der Waals surface area (Å²) in [6.45, 7) is 1.96. The van der Waals surface area contributed by atoms with E-state index in [4.69, 9.17) is 5.11 Å². The summed E-state index contributed by atoms with van der Waals surface area (Å²) < 4.78 is 12.7. The van der Waals surface area contributed by atoms with Gasteiger partial charge in [-0.05, 0) is 24.1 Å². The molecular formula is C14H18FNO3. The van der Waals surface area contributed by atoms with Crippen LogP contribution in [-0.2, 0) is 16.0 Å². The summed E-state index contributed by atoms with van der Waals surface area (Å²) in [7, 11) is 0. The highest BCUT2D eigenvalue weighted by Crippen LogP contribution is 2.05. The number of amides is 1. The Morgan fingerprint density at radius 2 is 1.95 bits per heavy atom. The smallest absolute Gasteiger partial charge is 0.326 e. The Morgan fingerprint density at radius 1 is 1.32 bits per heavy atom. The van der Waals surface area contributed by atoms with Gasteiger partial charge in [0.25, 0.3) is 0 Å². The molecule has 0 aliphatic carbocycles. The van der Waals surface area contributed by atoms with Crippen molar-refractivity contribution in [2.45, 2.75) is 38.6 Å². The molecule has 0 saturated heterocycles. The fraction of sp³-hybridized carbons (Fsp3) is 0.429. The number of carbonyl (C=O) groups is 2. The van der Waals surface area contributed by atoms with Crippen molar-refractivity contribution < 1.29 is 19.1 Å². The number of benzene rings is 1. The van der Waals surface area contributed by atoms with Gasteiger partial charge in [-0.2, -0.15) is 0 Å². The van der Waals surface area contributed by atoms with Gasteiger partial charge in [0.2, 0.25) is 5.91 Å². The predicted octanol–water partition coefficient (Wildman–Crippen LogP) is 2.13. The topological polar surface area (TPSA) is 66.4 Å². The third-order valence-electron chi connectivity index (χ3n) is 2.76. The summed E-state index contributed by atoms with van der Waals surface area (Å²) >= 11 is 0. The van der Waals surface area contributed by atoms with Crippen LogP contribution in [0.4, 0.5) is 4.39 Å². The predicted molar refractivity (Wildman–Crippen MR) is 69.2 cm³/mol. The average molecular weight is 267 g/mol. The van der Waals surface area contributed by atoms with Crippen molar-refractivity contribution in [3.8, 4) is 0 Å². The number of rotatable bonds is 7. The molecule has 0 spiro atoms. The highest BCUT2D eigenvalue weighted by molar-refractivity contribution is 5.84. The van der Waals surface area contributed by atoms with Crippen molar-refractivity contribution in [1.29, 1.82) is 0 Å². The van der Waals surface area contributed by atoms with Crippen LogP contribution >= 0.6 is 0 Å². The van der Waals surface area contributed by atoms with Gasteiger partial charge in [-0.25, -0.2) is 9.18 Å². The van der Waals surface area contributed by atoms with E-state index in [0.29, 0.717) is 12.0 Å². The molecular weight excluding hydrogens is 249 g/mol. The van der Waals surface area contributed by atoms with Crippen LogP contribution in [0.1, 0.15) is 31.7 Å². The summed E-state index contributed by atoms with van der Waals surface area (Å²) in [6, 6.07) is 4.71. The van der Waals surface area contributed by atoms with Crippen LogP contribution in [-0.4, -0.2) is 23.0 Å². The van der Waals surface area contributed by atoms with Crippen molar-refractivity contribution in [3.05, 3.63) is 35.6 Å². The number of carboxylic acid groups (broad SMARTS) is 1. The minimum Gasteiger partial charge on any atom is -0.480 e. The van der Waals surface area contributed by atoms with E-state index in [2.05, 4.69) is 5.32 Å². The molecule has 0 saturated carbocycles. The van der Waals surface area contributed by atoms with E-state index in [-0.39, 0.29) is 18.1 Å². The lowest BCUT2D eigenvalue weighted by molar-refractivity contribution is -0.142. The molecule has 0 unspecified atom stereocenters. The molecule has 4 nitrogen and oxygen atoms in total. The Kier molecular flexibility index (Phi) is 5.99. The lowest BCUT2D eigenvalue weighted by Gasteiger charge is -2.14. The molecule has 1 aromatic carbocycles. The summed E-state index contributed by atoms with van der Waals surface area (Å²) in [5, 5.41) is 11.5. The van der Waals surface area contributed by atoms with Crippen LogP contribution in [0.5, 0.6) is 0 Å². The third kappa shape index (κ3) is 5.50. The lowest BCUT2D eigenvalue weighted by atomic mass is 10.1. The van der Waals surface area contributed by atoms with Crippen molar-refractivity contribution >= 4 is 11.9 Å². The van der Waals surface area contributed by atoms with Crippen LogP contribution in [0.3, 0.4) is 0 Å². The first-order chi connectivity index (χ1) is 9.02. The van der Waals surface area contributed by atoms with Crippen LogP contribution < -0.4 is 5.32 Å². The zero-order valence-corrected chi connectivity index (χ0v) is 10.9. The molecule has 19 heavy (non-hydrogen) atoms. The fourth-order valence-electron chi connectivity index (χ4n) is 1.70. The van der Waals surface area contributed by atoms with E-state index in [1.807, 2.05) is 6.92 Å². The normalized spacial score (nSPS) is 11.9. The number of hydrogen-bond donors (Lipinski definition) is 2. The summed E-state index contributed by atoms with van der Waals surface area (Å²) in [5.74, 6) is -1.76. The summed E-state index contributed by atoms with van der Waals surface area (Å²) in [5.41, 5.74) is 0.651. The van der Waals surface area contributed by atoms with E-state index < -0.39 is 12.0 Å². The standard InChI is InChI=1S/C14H18FNO3/c1-2-3-4-12(14(18)19)16-13(17)9-10-5-7-11(15)8-6-10/h5-8,12H,2-4,9H2,1H3,(H,16,17)(H,18,19)/t12-/m0/s1. The Labute approximate surface area is 111 Å². The second-order valence-corrected chi connectivity index (χ2v) is 4.40. The number of carbonyl (C=O) groups excluding carboxylic acids is 1. The van der Waals surface area contributed by atoms with Gasteiger partial charge in [0, 0.05) is 0 Å². The van der Waals surface area contributed by atoms with Crippen molar-refractivity contribution in [2.24, 2.45) is 0 Å². The van der Waals surface area contributed by atoms with Gasteiger partial charge < -0.3 is 10.4 Å². The first-order valence-electron chi connectivity index (χ1n) is 6.29. The van der Waals surface area contributed by atoms with E-state index >= 15 is 0 Å². The maximum absolute atomic E-state index is 12.7. The number of nitrogens with one attached hydrogen (secondary N) is 1. The van der Waals surface area contributed by atoms with E-state index in [0.717, 1.165) is 12.8 Å². The first kappa shape index (κ1) is 15.1. The number of halogens is 1. The second-order valence-electron chi connectivity index (χ2n) is 4.40. The average Bonchev–Trinajstić information content (AvgIpc) is 2.37. The Morgan fingerprint density at radius 3 is 2.47 bits per heavy atom. The third-order valence-corrected chi connectivity index (χ3v) is 2.76. The van der Waals surface area contributed by atoms with Gasteiger partial charge in [0.05, 0.1) is 6.42 Å². The number of carboxylic acids is 1. The lowest BCUT2D eigenvalue weighted by Crippen LogP contribution is -2.41. The van der Waals surface area contributed by atoms with Gasteiger partial charge in [0.1, 0.15) is 11.9 Å². The molecule has 0 fully saturated rings. The van der Waals surface area contributed by atoms with Gasteiger partial charge in [-0.15, -0.1) is 0 Å². The van der Waals surface area contributed by atoms with E-state index in [1.54, 1.807) is 0 Å². The quantitative estimate of drug-likeness (QED) is 0.795. The van der Waals surface area contributed by atoms with Gasteiger partial charge in [0.15, 0.2) is 0 Å².